The lowest BCUT2D eigenvalue weighted by Gasteiger charge is -2.19. The van der Waals surface area contributed by atoms with Crippen LogP contribution in [0.1, 0.15) is 38.2 Å². The van der Waals surface area contributed by atoms with E-state index in [1.807, 2.05) is 18.2 Å². The van der Waals surface area contributed by atoms with Gasteiger partial charge in [0.2, 0.25) is 10.0 Å². The van der Waals surface area contributed by atoms with Crippen molar-refractivity contribution < 1.29 is 8.42 Å². The van der Waals surface area contributed by atoms with Crippen molar-refractivity contribution >= 4 is 21.4 Å². The molecule has 3 N–H and O–H groups in total. The van der Waals surface area contributed by atoms with Crippen LogP contribution in [-0.2, 0) is 16.6 Å². The fourth-order valence-electron chi connectivity index (χ4n) is 3.22. The Hall–Kier alpha value is -2.12. The van der Waals surface area contributed by atoms with Crippen LogP contribution in [-0.4, -0.2) is 26.0 Å². The molecule has 140 valence electrons. The highest BCUT2D eigenvalue weighted by molar-refractivity contribution is 7.89. The highest BCUT2D eigenvalue weighted by Crippen LogP contribution is 2.30. The van der Waals surface area contributed by atoms with Crippen LogP contribution in [0.25, 0.3) is 0 Å². The second-order valence-electron chi connectivity index (χ2n) is 6.54. The van der Waals surface area contributed by atoms with E-state index in [0.29, 0.717) is 19.1 Å². The summed E-state index contributed by atoms with van der Waals surface area (Å²) in [5, 5.41) is 6.94. The van der Waals surface area contributed by atoms with Gasteiger partial charge >= 0.3 is 0 Å². The number of pyridine rings is 1. The summed E-state index contributed by atoms with van der Waals surface area (Å²) in [6, 6.07) is 9.56. The Morgan fingerprint density at radius 2 is 1.81 bits per heavy atom. The Bertz CT molecular complexity index is 819. The number of aromatic nitrogens is 1. The minimum Gasteiger partial charge on any atom is -0.381 e. The summed E-state index contributed by atoms with van der Waals surface area (Å²) in [7, 11) is -3.49. The molecular formula is C19H26N4O2S. The maximum absolute atomic E-state index is 12.3. The zero-order chi connectivity index (χ0) is 18.4. The van der Waals surface area contributed by atoms with E-state index in [9.17, 15) is 8.42 Å². The van der Waals surface area contributed by atoms with Gasteiger partial charge in [-0.1, -0.05) is 19.8 Å². The highest BCUT2D eigenvalue weighted by Gasteiger charge is 2.19. The summed E-state index contributed by atoms with van der Waals surface area (Å²) in [6.07, 6.45) is 8.29. The Morgan fingerprint density at radius 3 is 2.50 bits per heavy atom. The Kier molecular flexibility index (Phi) is 6.11. The number of sulfonamides is 1. The van der Waals surface area contributed by atoms with Crippen LogP contribution < -0.4 is 15.4 Å². The van der Waals surface area contributed by atoms with Crippen molar-refractivity contribution in [2.75, 3.05) is 17.2 Å². The van der Waals surface area contributed by atoms with E-state index in [1.54, 1.807) is 31.5 Å². The smallest absolute Gasteiger partial charge is 0.240 e. The van der Waals surface area contributed by atoms with Crippen LogP contribution in [0.2, 0.25) is 0 Å². The van der Waals surface area contributed by atoms with Crippen molar-refractivity contribution in [3.05, 3.63) is 48.3 Å². The fourth-order valence-corrected chi connectivity index (χ4v) is 4.29. The number of anilines is 2. The molecule has 6 nitrogen and oxygen atoms in total. The molecule has 1 heterocycles. The first-order valence-corrected chi connectivity index (χ1v) is 10.6. The van der Waals surface area contributed by atoms with Gasteiger partial charge in [0.1, 0.15) is 0 Å². The van der Waals surface area contributed by atoms with Gasteiger partial charge < -0.3 is 10.6 Å². The van der Waals surface area contributed by atoms with Crippen LogP contribution in [0.5, 0.6) is 0 Å². The molecule has 3 rings (SSSR count). The summed E-state index contributed by atoms with van der Waals surface area (Å²) < 4.78 is 27.2. The van der Waals surface area contributed by atoms with Gasteiger partial charge in [-0.05, 0) is 48.7 Å². The molecule has 0 atom stereocenters. The zero-order valence-corrected chi connectivity index (χ0v) is 15.8. The van der Waals surface area contributed by atoms with Gasteiger partial charge in [0.25, 0.3) is 0 Å². The van der Waals surface area contributed by atoms with Crippen molar-refractivity contribution in [2.45, 2.75) is 50.1 Å². The fraction of sp³-hybridized carbons (Fsp3) is 0.421. The lowest BCUT2D eigenvalue weighted by atomic mass is 10.2. The number of hydrogen-bond acceptors (Lipinski definition) is 5. The minimum absolute atomic E-state index is 0.272. The van der Waals surface area contributed by atoms with Gasteiger partial charge in [0, 0.05) is 31.5 Å². The lowest BCUT2D eigenvalue weighted by Crippen LogP contribution is -2.23. The molecule has 26 heavy (non-hydrogen) atoms. The first-order chi connectivity index (χ1) is 12.6. The third-order valence-electron chi connectivity index (χ3n) is 4.58. The molecule has 0 amide bonds. The first-order valence-electron chi connectivity index (χ1n) is 9.11. The topological polar surface area (TPSA) is 83.1 Å². The molecule has 1 aliphatic carbocycles. The molecule has 1 fully saturated rings. The normalized spacial score (nSPS) is 15.1. The Morgan fingerprint density at radius 1 is 1.08 bits per heavy atom. The van der Waals surface area contributed by atoms with E-state index in [0.717, 1.165) is 29.8 Å². The molecule has 0 bridgehead atoms. The predicted octanol–water partition coefficient (Wildman–Crippen LogP) is 3.35. The van der Waals surface area contributed by atoms with E-state index in [1.165, 1.54) is 12.8 Å². The van der Waals surface area contributed by atoms with E-state index in [4.69, 9.17) is 0 Å². The number of nitrogens with zero attached hydrogens (tertiary/aromatic N) is 1. The largest absolute Gasteiger partial charge is 0.381 e. The molecule has 0 radical (unpaired) electrons. The van der Waals surface area contributed by atoms with E-state index in [2.05, 4.69) is 20.3 Å². The molecule has 1 aromatic heterocycles. The van der Waals surface area contributed by atoms with Gasteiger partial charge in [-0.2, -0.15) is 0 Å². The van der Waals surface area contributed by atoms with Crippen molar-refractivity contribution in [3.63, 3.8) is 0 Å². The van der Waals surface area contributed by atoms with Gasteiger partial charge in [0.05, 0.1) is 16.3 Å². The van der Waals surface area contributed by atoms with Gasteiger partial charge in [0.15, 0.2) is 0 Å². The second-order valence-corrected chi connectivity index (χ2v) is 8.31. The standard InChI is InChI=1S/C19H26N4O2S/c1-2-22-26(24,25)17-7-8-18(23-16-5-3-4-6-16)19(13-17)21-14-15-9-11-20-12-10-15/h7-13,16,21-23H,2-6,14H2,1H3. The van der Waals surface area contributed by atoms with Crippen LogP contribution in [0, 0.1) is 0 Å². The molecule has 0 aliphatic heterocycles. The van der Waals surface area contributed by atoms with Crippen LogP contribution >= 0.6 is 0 Å². The summed E-state index contributed by atoms with van der Waals surface area (Å²) in [6.45, 7) is 2.74. The average molecular weight is 375 g/mol. The quantitative estimate of drug-likeness (QED) is 0.660. The van der Waals surface area contributed by atoms with Crippen molar-refractivity contribution in [1.29, 1.82) is 0 Å². The predicted molar refractivity (Wildman–Crippen MR) is 105 cm³/mol. The van der Waals surface area contributed by atoms with Crippen molar-refractivity contribution in [2.24, 2.45) is 0 Å². The average Bonchev–Trinajstić information content (AvgIpc) is 3.14. The highest BCUT2D eigenvalue weighted by atomic mass is 32.2. The maximum atomic E-state index is 12.3. The number of nitrogens with one attached hydrogen (secondary N) is 3. The van der Waals surface area contributed by atoms with Gasteiger partial charge in [-0.15, -0.1) is 0 Å². The SMILES string of the molecule is CCNS(=O)(=O)c1ccc(NC2CCCC2)c(NCc2ccncc2)c1. The molecule has 2 aromatic rings. The van der Waals surface area contributed by atoms with Crippen molar-refractivity contribution in [3.8, 4) is 0 Å². The molecule has 7 heteroatoms. The second kappa shape index (κ2) is 8.51. The third-order valence-corrected chi connectivity index (χ3v) is 6.13. The zero-order valence-electron chi connectivity index (χ0n) is 15.0. The minimum atomic E-state index is -3.49. The number of rotatable bonds is 8. The monoisotopic (exact) mass is 374 g/mol. The van der Waals surface area contributed by atoms with Crippen molar-refractivity contribution in [1.82, 2.24) is 9.71 Å². The summed E-state index contributed by atoms with van der Waals surface area (Å²) in [4.78, 5) is 4.30. The summed E-state index contributed by atoms with van der Waals surface area (Å²) in [5.41, 5.74) is 2.83. The van der Waals surface area contributed by atoms with Gasteiger partial charge in [-0.25, -0.2) is 13.1 Å². The summed E-state index contributed by atoms with van der Waals surface area (Å²) >= 11 is 0. The number of benzene rings is 1. The van der Waals surface area contributed by atoms with Crippen LogP contribution in [0.4, 0.5) is 11.4 Å². The molecular weight excluding hydrogens is 348 g/mol. The molecule has 0 saturated heterocycles. The van der Waals surface area contributed by atoms with E-state index >= 15 is 0 Å². The molecule has 1 aliphatic rings. The lowest BCUT2D eigenvalue weighted by molar-refractivity contribution is 0.584. The molecule has 0 unspecified atom stereocenters. The molecule has 0 spiro atoms. The van der Waals surface area contributed by atoms with E-state index < -0.39 is 10.0 Å². The first kappa shape index (κ1) is 18.7. The molecule has 1 aromatic carbocycles. The Labute approximate surface area is 155 Å². The van der Waals surface area contributed by atoms with E-state index in [-0.39, 0.29) is 4.90 Å². The molecule has 1 saturated carbocycles. The van der Waals surface area contributed by atoms with Crippen LogP contribution in [0.15, 0.2) is 47.6 Å². The van der Waals surface area contributed by atoms with Gasteiger partial charge in [-0.3, -0.25) is 4.98 Å². The third kappa shape index (κ3) is 4.74. The number of hydrogen-bond donors (Lipinski definition) is 3. The Balaban J connectivity index is 1.85. The summed E-state index contributed by atoms with van der Waals surface area (Å²) in [5.74, 6) is 0. The van der Waals surface area contributed by atoms with Crippen LogP contribution in [0.3, 0.4) is 0 Å². The maximum Gasteiger partial charge on any atom is 0.240 e.